The number of carbonyl (C=O) groups excluding carboxylic acids is 2. The number of nitrogens with zero attached hydrogens (tertiary/aromatic N) is 3. The Bertz CT molecular complexity index is 1450. The lowest BCUT2D eigenvalue weighted by Crippen LogP contribution is -2.51. The van der Waals surface area contributed by atoms with Gasteiger partial charge in [-0.15, -0.1) is 0 Å². The quantitative estimate of drug-likeness (QED) is 0.153. The van der Waals surface area contributed by atoms with Gasteiger partial charge in [0.05, 0.1) is 11.0 Å². The van der Waals surface area contributed by atoms with Crippen LogP contribution >= 0.6 is 23.8 Å². The van der Waals surface area contributed by atoms with Gasteiger partial charge in [-0.3, -0.25) is 35.2 Å². The fourth-order valence-corrected chi connectivity index (χ4v) is 5.24. The number of nitro groups is 1. The van der Waals surface area contributed by atoms with Crippen molar-refractivity contribution in [1.82, 2.24) is 15.5 Å². The van der Waals surface area contributed by atoms with Crippen molar-refractivity contribution < 1.29 is 14.5 Å². The average molecular weight is 562 g/mol. The van der Waals surface area contributed by atoms with Gasteiger partial charge in [0.2, 0.25) is 0 Å². The number of piperazine rings is 1. The highest BCUT2D eigenvalue weighted by Gasteiger charge is 2.30. The Morgan fingerprint density at radius 1 is 0.897 bits per heavy atom. The van der Waals surface area contributed by atoms with E-state index in [1.54, 1.807) is 12.1 Å². The topological polar surface area (TPSA) is 108 Å². The highest BCUT2D eigenvalue weighted by Crippen LogP contribution is 2.34. The molecule has 0 aliphatic carbocycles. The van der Waals surface area contributed by atoms with Crippen molar-refractivity contribution in [1.29, 1.82) is 0 Å². The van der Waals surface area contributed by atoms with Crippen LogP contribution in [0.3, 0.4) is 0 Å². The molecule has 0 radical (unpaired) electrons. The van der Waals surface area contributed by atoms with Crippen molar-refractivity contribution in [3.63, 3.8) is 0 Å². The molecule has 3 aromatic rings. The predicted molar refractivity (Wildman–Crippen MR) is 153 cm³/mol. The van der Waals surface area contributed by atoms with E-state index in [0.29, 0.717) is 42.5 Å². The van der Waals surface area contributed by atoms with Gasteiger partial charge >= 0.3 is 0 Å². The molecule has 198 valence electrons. The second kappa shape index (κ2) is 11.3. The lowest BCUT2D eigenvalue weighted by molar-refractivity contribution is -0.384. The number of nitro benzene ring substituents is 1. The second-order valence-electron chi connectivity index (χ2n) is 9.19. The smallest absolute Gasteiger partial charge is 0.293 e. The Morgan fingerprint density at radius 3 is 2.13 bits per heavy atom. The largest absolute Gasteiger partial charge is 0.363 e. The molecule has 0 bridgehead atoms. The Kier molecular flexibility index (Phi) is 7.69. The number of rotatable bonds is 6. The number of benzene rings is 3. The van der Waals surface area contributed by atoms with Crippen molar-refractivity contribution >= 4 is 58.2 Å². The molecule has 1 atom stereocenters. The standard InChI is InChI=1S/C28H24ClN5O4S/c29-21-9-7-20(8-10-21)25(19-4-2-1-3-5-19)33-14-12-32(13-15-33)23-11-6-18(17-24(23)34(37)38)16-22-26(35)30-28(39)31-27(22)36/h1-11,16-17,25H,12-15H2,(H2,30,31,35,36,39)/t25-/m1/s1. The van der Waals surface area contributed by atoms with E-state index in [1.807, 2.05) is 47.4 Å². The monoisotopic (exact) mass is 561 g/mol. The maximum atomic E-state index is 12.2. The van der Waals surface area contributed by atoms with Crippen molar-refractivity contribution in [2.75, 3.05) is 31.1 Å². The van der Waals surface area contributed by atoms with E-state index in [-0.39, 0.29) is 22.4 Å². The third kappa shape index (κ3) is 5.83. The van der Waals surface area contributed by atoms with E-state index in [4.69, 9.17) is 23.8 Å². The zero-order valence-corrected chi connectivity index (χ0v) is 22.2. The SMILES string of the molecule is O=C1NC(=S)NC(=O)C1=Cc1ccc(N2CCN([C@H](c3ccccc3)c3ccc(Cl)cc3)CC2)c([N+](=O)[O-])c1. The molecular weight excluding hydrogens is 538 g/mol. The number of nitrogens with one attached hydrogen (secondary N) is 2. The van der Waals surface area contributed by atoms with Crippen LogP contribution in [0, 0.1) is 10.1 Å². The Labute approximate surface area is 235 Å². The van der Waals surface area contributed by atoms with Crippen LogP contribution in [0.2, 0.25) is 5.02 Å². The first-order valence-corrected chi connectivity index (χ1v) is 13.0. The molecule has 2 heterocycles. The normalized spacial score (nSPS) is 16.9. The van der Waals surface area contributed by atoms with Crippen LogP contribution in [0.4, 0.5) is 11.4 Å². The van der Waals surface area contributed by atoms with Crippen molar-refractivity contribution in [2.24, 2.45) is 0 Å². The maximum Gasteiger partial charge on any atom is 0.293 e. The summed E-state index contributed by atoms with van der Waals surface area (Å²) < 4.78 is 0. The zero-order valence-electron chi connectivity index (χ0n) is 20.7. The minimum absolute atomic E-state index is 0.0234. The maximum absolute atomic E-state index is 12.2. The summed E-state index contributed by atoms with van der Waals surface area (Å²) in [5.74, 6) is -1.31. The number of hydrogen-bond acceptors (Lipinski definition) is 7. The molecule has 2 N–H and O–H groups in total. The van der Waals surface area contributed by atoms with Crippen LogP contribution in [-0.2, 0) is 9.59 Å². The molecule has 9 nitrogen and oxygen atoms in total. The highest BCUT2D eigenvalue weighted by atomic mass is 35.5. The van der Waals surface area contributed by atoms with Crippen molar-refractivity contribution in [2.45, 2.75) is 6.04 Å². The van der Waals surface area contributed by atoms with Crippen molar-refractivity contribution in [3.05, 3.63) is 110 Å². The van der Waals surface area contributed by atoms with E-state index in [0.717, 1.165) is 11.1 Å². The van der Waals surface area contributed by atoms with Gasteiger partial charge in [0.15, 0.2) is 5.11 Å². The molecule has 39 heavy (non-hydrogen) atoms. The fourth-order valence-electron chi connectivity index (χ4n) is 4.93. The van der Waals surface area contributed by atoms with Crippen LogP contribution in [-0.4, -0.2) is 52.9 Å². The van der Waals surface area contributed by atoms with Gasteiger partial charge in [-0.05, 0) is 53.2 Å². The summed E-state index contributed by atoms with van der Waals surface area (Å²) in [5, 5.41) is 17.3. The third-order valence-corrected chi connectivity index (χ3v) is 7.23. The molecule has 2 aliphatic heterocycles. The summed E-state index contributed by atoms with van der Waals surface area (Å²) in [4.78, 5) is 40.3. The first kappa shape index (κ1) is 26.5. The lowest BCUT2D eigenvalue weighted by Gasteiger charge is -2.40. The van der Waals surface area contributed by atoms with E-state index in [2.05, 4.69) is 27.7 Å². The number of hydrogen-bond donors (Lipinski definition) is 2. The Morgan fingerprint density at radius 2 is 1.51 bits per heavy atom. The van der Waals surface area contributed by atoms with Gasteiger partial charge in [-0.1, -0.05) is 60.1 Å². The fraction of sp³-hybridized carbons (Fsp3) is 0.179. The minimum Gasteiger partial charge on any atom is -0.363 e. The molecule has 0 aromatic heterocycles. The molecule has 0 spiro atoms. The lowest BCUT2D eigenvalue weighted by atomic mass is 9.96. The summed E-state index contributed by atoms with van der Waals surface area (Å²) in [6.07, 6.45) is 1.32. The number of thiocarbonyl (C=S) groups is 1. The minimum atomic E-state index is -0.653. The zero-order chi connectivity index (χ0) is 27.5. The molecule has 11 heteroatoms. The predicted octanol–water partition coefficient (Wildman–Crippen LogP) is 4.07. The van der Waals surface area contributed by atoms with Gasteiger partial charge in [-0.2, -0.15) is 0 Å². The molecule has 2 fully saturated rings. The van der Waals surface area contributed by atoms with Gasteiger partial charge < -0.3 is 4.90 Å². The van der Waals surface area contributed by atoms with E-state index >= 15 is 0 Å². The van der Waals surface area contributed by atoms with Crippen LogP contribution in [0.25, 0.3) is 6.08 Å². The summed E-state index contributed by atoms with van der Waals surface area (Å²) in [7, 11) is 0. The molecule has 0 saturated carbocycles. The molecule has 2 amide bonds. The number of amides is 2. The number of carbonyl (C=O) groups is 2. The summed E-state index contributed by atoms with van der Waals surface area (Å²) in [5.41, 5.74) is 2.87. The van der Waals surface area contributed by atoms with Gasteiger partial charge in [0.25, 0.3) is 17.5 Å². The molecule has 3 aromatic carbocycles. The summed E-state index contributed by atoms with van der Waals surface area (Å²) in [6, 6.07) is 22.8. The van der Waals surface area contributed by atoms with Gasteiger partial charge in [0.1, 0.15) is 11.3 Å². The van der Waals surface area contributed by atoms with Crippen LogP contribution in [0.1, 0.15) is 22.7 Å². The van der Waals surface area contributed by atoms with E-state index in [1.165, 1.54) is 12.1 Å². The van der Waals surface area contributed by atoms with E-state index in [9.17, 15) is 19.7 Å². The van der Waals surface area contributed by atoms with Crippen LogP contribution in [0.15, 0.2) is 78.4 Å². The second-order valence-corrected chi connectivity index (χ2v) is 10.0. The molecule has 0 unspecified atom stereocenters. The number of anilines is 1. The number of halogens is 1. The summed E-state index contributed by atoms with van der Waals surface area (Å²) >= 11 is 10.9. The van der Waals surface area contributed by atoms with Gasteiger partial charge in [-0.25, -0.2) is 0 Å². The van der Waals surface area contributed by atoms with Crippen LogP contribution < -0.4 is 15.5 Å². The van der Waals surface area contributed by atoms with Crippen molar-refractivity contribution in [3.8, 4) is 0 Å². The first-order chi connectivity index (χ1) is 18.8. The molecule has 5 rings (SSSR count). The van der Waals surface area contributed by atoms with Crippen LogP contribution in [0.5, 0.6) is 0 Å². The highest BCUT2D eigenvalue weighted by molar-refractivity contribution is 7.80. The van der Waals surface area contributed by atoms with Gasteiger partial charge in [0, 0.05) is 37.3 Å². The third-order valence-electron chi connectivity index (χ3n) is 6.77. The van der Waals surface area contributed by atoms with E-state index < -0.39 is 16.7 Å². The Hall–Kier alpha value is -4.12. The molecule has 2 saturated heterocycles. The Balaban J connectivity index is 1.37. The molecular formula is C28H24ClN5O4S. The average Bonchev–Trinajstić information content (AvgIpc) is 2.93. The first-order valence-electron chi connectivity index (χ1n) is 12.3. The summed E-state index contributed by atoms with van der Waals surface area (Å²) in [6.45, 7) is 2.54. The molecule has 2 aliphatic rings.